The molecule has 0 spiro atoms. The number of halogens is 3. The molecule has 2 aromatic heterocycles. The molecule has 40 heavy (non-hydrogen) atoms. The number of pyridine rings is 1. The summed E-state index contributed by atoms with van der Waals surface area (Å²) in [7, 11) is 0. The summed E-state index contributed by atoms with van der Waals surface area (Å²) in [6.45, 7) is 0. The van der Waals surface area contributed by atoms with Crippen LogP contribution >= 0.6 is 11.3 Å². The van der Waals surface area contributed by atoms with Crippen molar-refractivity contribution in [1.29, 1.82) is 0 Å². The summed E-state index contributed by atoms with van der Waals surface area (Å²) in [6.07, 6.45) is 1.89. The van der Waals surface area contributed by atoms with E-state index >= 15 is 0 Å². The second-order valence-electron chi connectivity index (χ2n) is 9.53. The maximum absolute atomic E-state index is 13.7. The smallest absolute Gasteiger partial charge is 0.194 e. The zero-order valence-electron chi connectivity index (χ0n) is 20.9. The summed E-state index contributed by atoms with van der Waals surface area (Å²) >= 11 is 1.64. The van der Waals surface area contributed by atoms with Gasteiger partial charge in [-0.3, -0.25) is 4.98 Å². The average Bonchev–Trinajstić information content (AvgIpc) is 3.44. The van der Waals surface area contributed by atoms with Crippen LogP contribution in [0.25, 0.3) is 65.1 Å². The number of thiazole rings is 1. The van der Waals surface area contributed by atoms with Crippen LogP contribution in [0.5, 0.6) is 0 Å². The van der Waals surface area contributed by atoms with E-state index in [9.17, 15) is 13.2 Å². The highest BCUT2D eigenvalue weighted by molar-refractivity contribution is 7.21. The second kappa shape index (κ2) is 9.74. The molecule has 5 aromatic carbocycles. The number of benzene rings is 5. The van der Waals surface area contributed by atoms with E-state index in [1.54, 1.807) is 23.5 Å². The van der Waals surface area contributed by atoms with Gasteiger partial charge >= 0.3 is 0 Å². The number of nitrogens with zero attached hydrogens (tertiary/aromatic N) is 2. The Bertz CT molecular complexity index is 1970. The van der Waals surface area contributed by atoms with E-state index in [1.807, 2.05) is 48.7 Å². The Balaban J connectivity index is 1.14. The van der Waals surface area contributed by atoms with Gasteiger partial charge in [0.15, 0.2) is 17.5 Å². The summed E-state index contributed by atoms with van der Waals surface area (Å²) < 4.78 is 41.8. The van der Waals surface area contributed by atoms with Crippen molar-refractivity contribution < 1.29 is 13.2 Å². The van der Waals surface area contributed by atoms with Crippen LogP contribution in [0.4, 0.5) is 13.2 Å². The minimum absolute atomic E-state index is 0.289. The highest BCUT2D eigenvalue weighted by Crippen LogP contribution is 2.32. The van der Waals surface area contributed by atoms with Crippen molar-refractivity contribution in [3.05, 3.63) is 133 Å². The van der Waals surface area contributed by atoms with Crippen molar-refractivity contribution in [3.8, 4) is 44.1 Å². The summed E-state index contributed by atoms with van der Waals surface area (Å²) in [6, 6.07) is 34.1. The van der Waals surface area contributed by atoms with Crippen LogP contribution in [0.1, 0.15) is 0 Å². The molecule has 7 aromatic rings. The number of hydrogen-bond acceptors (Lipinski definition) is 3. The monoisotopic (exact) mass is 544 g/mol. The Morgan fingerprint density at radius 1 is 0.525 bits per heavy atom. The van der Waals surface area contributed by atoms with E-state index in [1.165, 1.54) is 0 Å². The molecular formula is C34H19F3N2S. The van der Waals surface area contributed by atoms with E-state index in [-0.39, 0.29) is 5.56 Å². The third-order valence-electron chi connectivity index (χ3n) is 6.99. The molecule has 0 bridgehead atoms. The van der Waals surface area contributed by atoms with Crippen molar-refractivity contribution in [1.82, 2.24) is 9.97 Å². The summed E-state index contributed by atoms with van der Waals surface area (Å²) in [4.78, 5) is 9.39. The van der Waals surface area contributed by atoms with Gasteiger partial charge in [-0.15, -0.1) is 11.3 Å². The van der Waals surface area contributed by atoms with Gasteiger partial charge in [0, 0.05) is 11.8 Å². The molecule has 0 saturated carbocycles. The minimum atomic E-state index is -1.46. The molecule has 7 rings (SSSR count). The molecule has 6 heteroatoms. The van der Waals surface area contributed by atoms with E-state index in [2.05, 4.69) is 47.4 Å². The minimum Gasteiger partial charge on any atom is -0.253 e. The predicted molar refractivity (Wildman–Crippen MR) is 157 cm³/mol. The van der Waals surface area contributed by atoms with E-state index in [0.29, 0.717) is 5.56 Å². The Morgan fingerprint density at radius 2 is 1.10 bits per heavy atom. The van der Waals surface area contributed by atoms with E-state index < -0.39 is 17.5 Å². The number of para-hydroxylation sites is 1. The van der Waals surface area contributed by atoms with Crippen molar-refractivity contribution in [2.75, 3.05) is 0 Å². The SMILES string of the molecule is Fc1cc(-c2ccc(-c3ccc4cc(-c5ccc(-c6nc7ccccc7s6)nc5)ccc4c3)cc2)cc(F)c1F. The standard InChI is InChI=1S/C34H19F3N2S/c35-28-17-27(18-29(36)33(28)37)21-7-5-20(6-8-21)22-9-10-24-16-25(12-11-23(24)15-22)26-13-14-31(38-19-26)34-39-30-3-1-2-4-32(30)40-34/h1-19H. The first kappa shape index (κ1) is 24.2. The van der Waals surface area contributed by atoms with E-state index in [4.69, 9.17) is 4.98 Å². The van der Waals surface area contributed by atoms with Gasteiger partial charge in [-0.05, 0) is 81.1 Å². The first-order valence-corrected chi connectivity index (χ1v) is 13.4. The molecule has 0 radical (unpaired) electrons. The molecule has 0 aliphatic rings. The van der Waals surface area contributed by atoms with Crippen LogP contribution in [0.15, 0.2) is 115 Å². The van der Waals surface area contributed by atoms with Crippen molar-refractivity contribution >= 4 is 32.3 Å². The highest BCUT2D eigenvalue weighted by Gasteiger charge is 2.12. The maximum atomic E-state index is 13.7. The molecule has 0 atom stereocenters. The fourth-order valence-corrected chi connectivity index (χ4v) is 5.80. The number of fused-ring (bicyclic) bond motifs is 2. The fourth-order valence-electron chi connectivity index (χ4n) is 4.86. The van der Waals surface area contributed by atoms with Crippen LogP contribution in [0.2, 0.25) is 0 Å². The first-order chi connectivity index (χ1) is 19.5. The summed E-state index contributed by atoms with van der Waals surface area (Å²) in [5.41, 5.74) is 6.82. The molecule has 2 heterocycles. The van der Waals surface area contributed by atoms with Gasteiger partial charge in [-0.25, -0.2) is 18.2 Å². The summed E-state index contributed by atoms with van der Waals surface area (Å²) in [5, 5.41) is 3.10. The zero-order chi connectivity index (χ0) is 27.2. The molecule has 0 aliphatic heterocycles. The van der Waals surface area contributed by atoms with Gasteiger partial charge in [-0.1, -0.05) is 66.7 Å². The fraction of sp³-hybridized carbons (Fsp3) is 0. The quantitative estimate of drug-likeness (QED) is 0.206. The second-order valence-corrected chi connectivity index (χ2v) is 10.6. The molecule has 0 fully saturated rings. The molecule has 0 aliphatic carbocycles. The largest absolute Gasteiger partial charge is 0.253 e. The lowest BCUT2D eigenvalue weighted by atomic mass is 9.96. The van der Waals surface area contributed by atoms with Gasteiger partial charge in [0.25, 0.3) is 0 Å². The molecule has 0 saturated heterocycles. The van der Waals surface area contributed by atoms with Crippen molar-refractivity contribution in [2.45, 2.75) is 0 Å². The lowest BCUT2D eigenvalue weighted by molar-refractivity contribution is 0.448. The highest BCUT2D eigenvalue weighted by atomic mass is 32.1. The van der Waals surface area contributed by atoms with Crippen LogP contribution < -0.4 is 0 Å². The van der Waals surface area contributed by atoms with Crippen LogP contribution in [0, 0.1) is 17.5 Å². The van der Waals surface area contributed by atoms with Gasteiger partial charge in [0.1, 0.15) is 5.01 Å². The van der Waals surface area contributed by atoms with Crippen molar-refractivity contribution in [2.24, 2.45) is 0 Å². The average molecular weight is 545 g/mol. The molecule has 0 unspecified atom stereocenters. The molecule has 0 N–H and O–H groups in total. The normalized spacial score (nSPS) is 11.4. The van der Waals surface area contributed by atoms with Crippen LogP contribution in [0.3, 0.4) is 0 Å². The number of hydrogen-bond donors (Lipinski definition) is 0. The Kier molecular flexibility index (Phi) is 5.90. The molecule has 0 amide bonds. The molecule has 2 nitrogen and oxygen atoms in total. The number of rotatable bonds is 4. The van der Waals surface area contributed by atoms with Gasteiger partial charge in [0.05, 0.1) is 15.9 Å². The lowest BCUT2D eigenvalue weighted by Gasteiger charge is -2.09. The first-order valence-electron chi connectivity index (χ1n) is 12.6. The Hall–Kier alpha value is -4.81. The topological polar surface area (TPSA) is 25.8 Å². The van der Waals surface area contributed by atoms with Crippen molar-refractivity contribution in [3.63, 3.8) is 0 Å². The van der Waals surface area contributed by atoms with Gasteiger partial charge in [0.2, 0.25) is 0 Å². The summed E-state index contributed by atoms with van der Waals surface area (Å²) in [5.74, 6) is -3.86. The van der Waals surface area contributed by atoms with E-state index in [0.717, 1.165) is 66.1 Å². The maximum Gasteiger partial charge on any atom is 0.194 e. The molecular weight excluding hydrogens is 525 g/mol. The Labute approximate surface area is 232 Å². The zero-order valence-corrected chi connectivity index (χ0v) is 21.7. The van der Waals surface area contributed by atoms with Gasteiger partial charge in [-0.2, -0.15) is 0 Å². The third-order valence-corrected chi connectivity index (χ3v) is 8.04. The predicted octanol–water partition coefficient (Wildman–Crippen LogP) is 9.93. The lowest BCUT2D eigenvalue weighted by Crippen LogP contribution is -1.91. The van der Waals surface area contributed by atoms with Crippen LogP contribution in [-0.2, 0) is 0 Å². The molecule has 192 valence electrons. The third kappa shape index (κ3) is 4.42. The van der Waals surface area contributed by atoms with Gasteiger partial charge < -0.3 is 0 Å². The Morgan fingerprint density at radius 3 is 1.73 bits per heavy atom. The number of aromatic nitrogens is 2. The van der Waals surface area contributed by atoms with Crippen LogP contribution in [-0.4, -0.2) is 9.97 Å².